The van der Waals surface area contributed by atoms with Gasteiger partial charge in [-0.1, -0.05) is 6.42 Å². The summed E-state index contributed by atoms with van der Waals surface area (Å²) in [4.78, 5) is 4.34. The maximum Gasteiger partial charge on any atom is 0.125 e. The van der Waals surface area contributed by atoms with Gasteiger partial charge >= 0.3 is 0 Å². The Morgan fingerprint density at radius 3 is 2.88 bits per heavy atom. The third-order valence-electron chi connectivity index (χ3n) is 2.72. The lowest BCUT2D eigenvalue weighted by Gasteiger charge is -2.13. The number of nitrogens with one attached hydrogen (secondary N) is 1. The Morgan fingerprint density at radius 2 is 2.25 bits per heavy atom. The van der Waals surface area contributed by atoms with E-state index in [2.05, 4.69) is 28.0 Å². The largest absolute Gasteiger partial charge is 0.337 e. The molecule has 0 aromatic carbocycles. The predicted molar refractivity (Wildman–Crippen MR) is 71.9 cm³/mol. The average molecular weight is 241 g/mol. The van der Waals surface area contributed by atoms with E-state index in [9.17, 15) is 0 Å². The number of nitrogens with zero attached hydrogens (tertiary/aromatic N) is 2. The fourth-order valence-electron chi connectivity index (χ4n) is 1.75. The van der Waals surface area contributed by atoms with Gasteiger partial charge < -0.3 is 9.88 Å². The fourth-order valence-corrected chi connectivity index (χ4v) is 2.25. The van der Waals surface area contributed by atoms with Crippen molar-refractivity contribution in [1.29, 1.82) is 0 Å². The van der Waals surface area contributed by atoms with E-state index in [1.54, 1.807) is 0 Å². The van der Waals surface area contributed by atoms with Crippen molar-refractivity contribution >= 4 is 11.8 Å². The van der Waals surface area contributed by atoms with Gasteiger partial charge in [0, 0.05) is 19.4 Å². The van der Waals surface area contributed by atoms with E-state index in [0.29, 0.717) is 6.04 Å². The number of aromatic nitrogens is 2. The Hall–Kier alpha value is -0.480. The zero-order chi connectivity index (χ0) is 11.8. The third-order valence-corrected chi connectivity index (χ3v) is 3.42. The molecule has 1 heterocycles. The fraction of sp³-hybridized carbons (Fsp3) is 0.750. The molecule has 1 rings (SSSR count). The van der Waals surface area contributed by atoms with Crippen molar-refractivity contribution in [3.05, 3.63) is 18.2 Å². The highest BCUT2D eigenvalue weighted by molar-refractivity contribution is 7.98. The highest BCUT2D eigenvalue weighted by Crippen LogP contribution is 2.08. The summed E-state index contributed by atoms with van der Waals surface area (Å²) in [7, 11) is 2.04. The van der Waals surface area contributed by atoms with Crippen LogP contribution in [0.1, 0.15) is 38.1 Å². The van der Waals surface area contributed by atoms with Crippen LogP contribution >= 0.6 is 11.8 Å². The van der Waals surface area contributed by atoms with Gasteiger partial charge in [-0.3, -0.25) is 0 Å². The second-order valence-corrected chi connectivity index (χ2v) is 5.11. The summed E-state index contributed by atoms with van der Waals surface area (Å²) in [5.41, 5.74) is 0. The molecular formula is C12H23N3S. The Kier molecular flexibility index (Phi) is 6.57. The zero-order valence-electron chi connectivity index (χ0n) is 10.6. The number of imidazole rings is 1. The first-order valence-electron chi connectivity index (χ1n) is 5.95. The minimum Gasteiger partial charge on any atom is -0.337 e. The second-order valence-electron chi connectivity index (χ2n) is 4.13. The lowest BCUT2D eigenvalue weighted by molar-refractivity contribution is 0.512. The molecule has 1 unspecified atom stereocenters. The summed E-state index contributed by atoms with van der Waals surface area (Å²) in [6, 6.07) is 0.348. The van der Waals surface area contributed by atoms with Crippen LogP contribution in [0.5, 0.6) is 0 Å². The average Bonchev–Trinajstić information content (AvgIpc) is 2.69. The van der Waals surface area contributed by atoms with Crippen molar-refractivity contribution in [3.8, 4) is 0 Å². The molecular weight excluding hydrogens is 218 g/mol. The summed E-state index contributed by atoms with van der Waals surface area (Å²) in [6.45, 7) is 3.26. The van der Waals surface area contributed by atoms with Crippen molar-refractivity contribution in [2.45, 2.75) is 32.2 Å². The Balaban J connectivity index is 2.11. The summed E-state index contributed by atoms with van der Waals surface area (Å²) < 4.78 is 2.07. The van der Waals surface area contributed by atoms with Crippen LogP contribution in [0.15, 0.2) is 12.4 Å². The molecule has 0 radical (unpaired) electrons. The molecule has 4 heteroatoms. The predicted octanol–water partition coefficient (Wildman–Crippen LogP) is 2.60. The van der Waals surface area contributed by atoms with E-state index in [-0.39, 0.29) is 0 Å². The van der Waals surface area contributed by atoms with Crippen LogP contribution in [0.3, 0.4) is 0 Å². The molecule has 92 valence electrons. The number of hydrogen-bond donors (Lipinski definition) is 1. The van der Waals surface area contributed by atoms with Gasteiger partial charge in [-0.25, -0.2) is 4.98 Å². The highest BCUT2D eigenvalue weighted by Gasteiger charge is 2.08. The van der Waals surface area contributed by atoms with Crippen LogP contribution in [0.25, 0.3) is 0 Å². The van der Waals surface area contributed by atoms with Gasteiger partial charge in [0.25, 0.3) is 0 Å². The first-order valence-corrected chi connectivity index (χ1v) is 7.34. The quantitative estimate of drug-likeness (QED) is 0.710. The molecule has 0 aliphatic carbocycles. The highest BCUT2D eigenvalue weighted by atomic mass is 32.2. The SMILES string of the molecule is CSCCCCCNC(C)c1nccn1C. The van der Waals surface area contributed by atoms with Crippen molar-refractivity contribution < 1.29 is 0 Å². The first-order chi connectivity index (χ1) is 7.75. The van der Waals surface area contributed by atoms with Crippen molar-refractivity contribution in [2.75, 3.05) is 18.6 Å². The molecule has 16 heavy (non-hydrogen) atoms. The van der Waals surface area contributed by atoms with Gasteiger partial charge in [0.1, 0.15) is 5.82 Å². The van der Waals surface area contributed by atoms with E-state index in [1.807, 2.05) is 31.2 Å². The minimum atomic E-state index is 0.348. The lowest BCUT2D eigenvalue weighted by atomic mass is 10.2. The van der Waals surface area contributed by atoms with Crippen LogP contribution in [0.2, 0.25) is 0 Å². The number of hydrogen-bond acceptors (Lipinski definition) is 3. The lowest BCUT2D eigenvalue weighted by Crippen LogP contribution is -2.22. The number of thioether (sulfide) groups is 1. The van der Waals surface area contributed by atoms with Gasteiger partial charge in [0.05, 0.1) is 6.04 Å². The smallest absolute Gasteiger partial charge is 0.125 e. The standard InChI is InChI=1S/C12H23N3S/c1-11(12-14-8-9-15(12)2)13-7-5-4-6-10-16-3/h8-9,11,13H,4-7,10H2,1-3H3. The molecule has 0 saturated heterocycles. The monoisotopic (exact) mass is 241 g/mol. The van der Waals surface area contributed by atoms with Crippen molar-refractivity contribution in [2.24, 2.45) is 7.05 Å². The molecule has 1 aromatic rings. The molecule has 1 atom stereocenters. The number of aryl methyl sites for hydroxylation is 1. The molecule has 1 aromatic heterocycles. The molecule has 0 fully saturated rings. The topological polar surface area (TPSA) is 29.9 Å². The van der Waals surface area contributed by atoms with Crippen LogP contribution in [0, 0.1) is 0 Å². The van der Waals surface area contributed by atoms with Gasteiger partial charge in [-0.15, -0.1) is 0 Å². The van der Waals surface area contributed by atoms with Gasteiger partial charge in [0.15, 0.2) is 0 Å². The Bertz CT molecular complexity index is 286. The van der Waals surface area contributed by atoms with E-state index in [4.69, 9.17) is 0 Å². The zero-order valence-corrected chi connectivity index (χ0v) is 11.4. The summed E-state index contributed by atoms with van der Waals surface area (Å²) in [5.74, 6) is 2.40. The van der Waals surface area contributed by atoms with Gasteiger partial charge in [-0.05, 0) is 38.3 Å². The maximum atomic E-state index is 4.34. The summed E-state index contributed by atoms with van der Waals surface area (Å²) in [5, 5.41) is 3.51. The maximum absolute atomic E-state index is 4.34. The van der Waals surface area contributed by atoms with E-state index < -0.39 is 0 Å². The Morgan fingerprint density at radius 1 is 1.44 bits per heavy atom. The summed E-state index contributed by atoms with van der Waals surface area (Å²) in [6.07, 6.45) is 9.93. The van der Waals surface area contributed by atoms with E-state index >= 15 is 0 Å². The molecule has 3 nitrogen and oxygen atoms in total. The van der Waals surface area contributed by atoms with Crippen molar-refractivity contribution in [3.63, 3.8) is 0 Å². The second kappa shape index (κ2) is 7.74. The minimum absolute atomic E-state index is 0.348. The van der Waals surface area contributed by atoms with Crippen LogP contribution in [0.4, 0.5) is 0 Å². The van der Waals surface area contributed by atoms with Crippen LogP contribution in [-0.4, -0.2) is 28.1 Å². The molecule has 1 N–H and O–H groups in total. The van der Waals surface area contributed by atoms with Gasteiger partial charge in [0.2, 0.25) is 0 Å². The molecule has 0 amide bonds. The van der Waals surface area contributed by atoms with Crippen molar-refractivity contribution in [1.82, 2.24) is 14.9 Å². The third kappa shape index (κ3) is 4.58. The normalized spacial score (nSPS) is 12.9. The molecule has 0 aliphatic rings. The molecule has 0 saturated carbocycles. The molecule has 0 bridgehead atoms. The summed E-state index contributed by atoms with van der Waals surface area (Å²) >= 11 is 1.93. The van der Waals surface area contributed by atoms with E-state index in [1.165, 1.54) is 25.0 Å². The molecule has 0 aliphatic heterocycles. The molecule has 0 spiro atoms. The van der Waals surface area contributed by atoms with Crippen LogP contribution < -0.4 is 5.32 Å². The number of rotatable bonds is 8. The van der Waals surface area contributed by atoms with Gasteiger partial charge in [-0.2, -0.15) is 11.8 Å². The first kappa shape index (κ1) is 13.6. The van der Waals surface area contributed by atoms with Crippen LogP contribution in [-0.2, 0) is 7.05 Å². The van der Waals surface area contributed by atoms with E-state index in [0.717, 1.165) is 12.4 Å². The Labute approximate surface area is 103 Å². The number of unbranched alkanes of at least 4 members (excludes halogenated alkanes) is 2.